The quantitative estimate of drug-likeness (QED) is 0.835. The Hall–Kier alpha value is -1.98. The Balaban J connectivity index is 2.55. The van der Waals surface area contributed by atoms with E-state index in [-0.39, 0.29) is 11.3 Å². The SMILES string of the molecule is Cn1cc(-c2ccc(O)cc2)c(C(F)(F)F)n1. The number of hydrogen-bond donors (Lipinski definition) is 1. The van der Waals surface area contributed by atoms with E-state index in [9.17, 15) is 13.2 Å². The molecule has 6 heteroatoms. The maximum Gasteiger partial charge on any atom is 0.435 e. The predicted molar refractivity (Wildman–Crippen MR) is 55.3 cm³/mol. The van der Waals surface area contributed by atoms with E-state index >= 15 is 0 Å². The molecule has 0 unspecified atom stereocenters. The maximum atomic E-state index is 12.7. The van der Waals surface area contributed by atoms with E-state index in [0.717, 1.165) is 4.68 Å². The molecule has 90 valence electrons. The number of halogens is 3. The molecule has 0 amide bonds. The fourth-order valence-corrected chi connectivity index (χ4v) is 1.55. The van der Waals surface area contributed by atoms with Crippen LogP contribution in [0, 0.1) is 0 Å². The molecule has 1 N–H and O–H groups in total. The van der Waals surface area contributed by atoms with Gasteiger partial charge in [-0.05, 0) is 17.7 Å². The fraction of sp³-hybridized carbons (Fsp3) is 0.182. The first kappa shape index (κ1) is 11.5. The minimum atomic E-state index is -4.49. The zero-order valence-electron chi connectivity index (χ0n) is 8.86. The van der Waals surface area contributed by atoms with Gasteiger partial charge in [0.1, 0.15) is 5.75 Å². The molecule has 0 saturated carbocycles. The van der Waals surface area contributed by atoms with Crippen LogP contribution in [0.1, 0.15) is 5.69 Å². The minimum Gasteiger partial charge on any atom is -0.508 e. The summed E-state index contributed by atoms with van der Waals surface area (Å²) in [5.74, 6) is 0.00574. The molecule has 0 aliphatic rings. The molecule has 0 atom stereocenters. The minimum absolute atomic E-state index is 0.000000000000000444. The fourth-order valence-electron chi connectivity index (χ4n) is 1.55. The monoisotopic (exact) mass is 242 g/mol. The molecule has 0 aliphatic heterocycles. The standard InChI is InChI=1S/C11H9F3N2O/c1-16-6-9(10(15-16)11(12,13)14)7-2-4-8(17)5-3-7/h2-6,17H,1H3. The van der Waals surface area contributed by atoms with Gasteiger partial charge in [0, 0.05) is 18.8 Å². The normalized spacial score (nSPS) is 11.8. The number of alkyl halides is 3. The van der Waals surface area contributed by atoms with Crippen LogP contribution < -0.4 is 0 Å². The third-order valence-corrected chi connectivity index (χ3v) is 2.28. The topological polar surface area (TPSA) is 38.0 Å². The van der Waals surface area contributed by atoms with Crippen molar-refractivity contribution in [3.8, 4) is 16.9 Å². The predicted octanol–water partition coefficient (Wildman–Crippen LogP) is 2.81. The number of phenolic OH excluding ortho intramolecular Hbond substituents is 1. The Morgan fingerprint density at radius 1 is 1.18 bits per heavy atom. The summed E-state index contributed by atoms with van der Waals surface area (Å²) in [4.78, 5) is 0. The summed E-state index contributed by atoms with van der Waals surface area (Å²) in [6.07, 6.45) is -3.19. The van der Waals surface area contributed by atoms with Crippen molar-refractivity contribution in [3.05, 3.63) is 36.2 Å². The molecule has 2 rings (SSSR count). The number of nitrogens with zero attached hydrogens (tertiary/aromatic N) is 2. The van der Waals surface area contributed by atoms with Crippen LogP contribution in [0.25, 0.3) is 11.1 Å². The lowest BCUT2D eigenvalue weighted by molar-refractivity contribution is -0.140. The maximum absolute atomic E-state index is 12.7. The van der Waals surface area contributed by atoms with Gasteiger partial charge in [-0.25, -0.2) is 0 Å². The first-order valence-electron chi connectivity index (χ1n) is 4.78. The van der Waals surface area contributed by atoms with E-state index in [2.05, 4.69) is 5.10 Å². The third kappa shape index (κ3) is 2.25. The van der Waals surface area contributed by atoms with Crippen molar-refractivity contribution in [1.29, 1.82) is 0 Å². The highest BCUT2D eigenvalue weighted by Gasteiger charge is 2.37. The Bertz CT molecular complexity index is 529. The molecule has 0 saturated heterocycles. The highest BCUT2D eigenvalue weighted by atomic mass is 19.4. The van der Waals surface area contributed by atoms with Crippen molar-refractivity contribution in [2.24, 2.45) is 7.05 Å². The average Bonchev–Trinajstić information content (AvgIpc) is 2.61. The lowest BCUT2D eigenvalue weighted by Gasteiger charge is -2.05. The Morgan fingerprint density at radius 2 is 1.76 bits per heavy atom. The first-order chi connectivity index (χ1) is 7.88. The highest BCUT2D eigenvalue weighted by molar-refractivity contribution is 5.66. The number of aromatic hydroxyl groups is 1. The summed E-state index contributed by atoms with van der Waals surface area (Å²) < 4.78 is 39.2. The lowest BCUT2D eigenvalue weighted by atomic mass is 10.1. The molecule has 0 bridgehead atoms. The third-order valence-electron chi connectivity index (χ3n) is 2.28. The van der Waals surface area contributed by atoms with Crippen LogP contribution in [0.3, 0.4) is 0 Å². The van der Waals surface area contributed by atoms with Gasteiger partial charge in [0.15, 0.2) is 5.69 Å². The van der Waals surface area contributed by atoms with Gasteiger partial charge in [0.25, 0.3) is 0 Å². The number of aromatic nitrogens is 2. The van der Waals surface area contributed by atoms with Crippen LogP contribution in [-0.4, -0.2) is 14.9 Å². The van der Waals surface area contributed by atoms with E-state index in [1.807, 2.05) is 0 Å². The number of hydrogen-bond acceptors (Lipinski definition) is 2. The Morgan fingerprint density at radius 3 is 2.29 bits per heavy atom. The second-order valence-corrected chi connectivity index (χ2v) is 3.61. The number of phenols is 1. The van der Waals surface area contributed by atoms with Crippen LogP contribution in [0.5, 0.6) is 5.75 Å². The van der Waals surface area contributed by atoms with E-state index < -0.39 is 11.9 Å². The van der Waals surface area contributed by atoms with Gasteiger partial charge in [-0.3, -0.25) is 4.68 Å². The van der Waals surface area contributed by atoms with Crippen molar-refractivity contribution < 1.29 is 18.3 Å². The van der Waals surface area contributed by atoms with Crippen molar-refractivity contribution in [2.45, 2.75) is 6.18 Å². The van der Waals surface area contributed by atoms with Crippen LogP contribution in [0.15, 0.2) is 30.5 Å². The number of rotatable bonds is 1. The Labute approximate surface area is 95.1 Å². The van der Waals surface area contributed by atoms with Crippen molar-refractivity contribution in [2.75, 3.05) is 0 Å². The summed E-state index contributed by atoms with van der Waals surface area (Å²) in [6.45, 7) is 0. The number of benzene rings is 1. The van der Waals surface area contributed by atoms with Gasteiger partial charge >= 0.3 is 6.18 Å². The highest BCUT2D eigenvalue weighted by Crippen LogP contribution is 2.36. The molecule has 2 aromatic rings. The summed E-state index contributed by atoms with van der Waals surface area (Å²) >= 11 is 0. The molecule has 17 heavy (non-hydrogen) atoms. The summed E-state index contributed by atoms with van der Waals surface area (Å²) in [6, 6.07) is 5.51. The zero-order chi connectivity index (χ0) is 12.6. The van der Waals surface area contributed by atoms with Gasteiger partial charge < -0.3 is 5.11 Å². The van der Waals surface area contributed by atoms with E-state index in [0.29, 0.717) is 5.56 Å². The second-order valence-electron chi connectivity index (χ2n) is 3.61. The molecule has 0 fully saturated rings. The van der Waals surface area contributed by atoms with Crippen LogP contribution in [-0.2, 0) is 13.2 Å². The largest absolute Gasteiger partial charge is 0.508 e. The van der Waals surface area contributed by atoms with E-state index in [1.165, 1.54) is 37.5 Å². The van der Waals surface area contributed by atoms with Crippen molar-refractivity contribution in [1.82, 2.24) is 9.78 Å². The molecule has 3 nitrogen and oxygen atoms in total. The van der Waals surface area contributed by atoms with Crippen LogP contribution in [0.4, 0.5) is 13.2 Å². The average molecular weight is 242 g/mol. The van der Waals surface area contributed by atoms with Crippen LogP contribution in [0.2, 0.25) is 0 Å². The second kappa shape index (κ2) is 3.80. The van der Waals surface area contributed by atoms with Gasteiger partial charge in [0.2, 0.25) is 0 Å². The smallest absolute Gasteiger partial charge is 0.435 e. The van der Waals surface area contributed by atoms with E-state index in [4.69, 9.17) is 5.11 Å². The number of aryl methyl sites for hydroxylation is 1. The molecule has 1 aromatic carbocycles. The van der Waals surface area contributed by atoms with Gasteiger partial charge in [-0.1, -0.05) is 12.1 Å². The summed E-state index contributed by atoms with van der Waals surface area (Å²) in [5.41, 5.74) is -0.561. The molecular formula is C11H9F3N2O. The van der Waals surface area contributed by atoms with Crippen molar-refractivity contribution >= 4 is 0 Å². The van der Waals surface area contributed by atoms with E-state index in [1.54, 1.807) is 0 Å². The van der Waals surface area contributed by atoms with Crippen LogP contribution >= 0.6 is 0 Å². The van der Waals surface area contributed by atoms with Gasteiger partial charge in [0.05, 0.1) is 0 Å². The molecule has 0 aliphatic carbocycles. The Kier molecular flexibility index (Phi) is 2.57. The molecule has 1 heterocycles. The van der Waals surface area contributed by atoms with Gasteiger partial charge in [-0.15, -0.1) is 0 Å². The molecule has 1 aromatic heterocycles. The first-order valence-corrected chi connectivity index (χ1v) is 4.78. The van der Waals surface area contributed by atoms with Gasteiger partial charge in [-0.2, -0.15) is 18.3 Å². The summed E-state index contributed by atoms with van der Waals surface area (Å²) in [5, 5.41) is 12.5. The lowest BCUT2D eigenvalue weighted by Crippen LogP contribution is -2.08. The molecular weight excluding hydrogens is 233 g/mol. The molecule has 0 spiro atoms. The molecule has 0 radical (unpaired) electrons. The zero-order valence-corrected chi connectivity index (χ0v) is 8.86. The van der Waals surface area contributed by atoms with Crippen molar-refractivity contribution in [3.63, 3.8) is 0 Å². The summed E-state index contributed by atoms with van der Waals surface area (Å²) in [7, 11) is 1.43.